The Hall–Kier alpha value is -1.10. The number of rotatable bonds is 5. The van der Waals surface area contributed by atoms with Crippen LogP contribution in [0.4, 0.5) is 0 Å². The number of nitrogens with one attached hydrogen (secondary N) is 1. The van der Waals surface area contributed by atoms with E-state index in [4.69, 9.17) is 5.73 Å². The number of carboxylic acid groups (broad SMARTS) is 1. The molecule has 0 heterocycles. The van der Waals surface area contributed by atoms with Gasteiger partial charge in [0.2, 0.25) is 5.91 Å². The molecule has 2 bridgehead atoms. The predicted molar refractivity (Wildman–Crippen MR) is 69.2 cm³/mol. The third-order valence-electron chi connectivity index (χ3n) is 5.18. The third kappa shape index (κ3) is 2.48. The van der Waals surface area contributed by atoms with Crippen LogP contribution in [0.25, 0.3) is 0 Å². The summed E-state index contributed by atoms with van der Waals surface area (Å²) >= 11 is 0. The van der Waals surface area contributed by atoms with Crippen molar-refractivity contribution in [2.45, 2.75) is 50.6 Å². The average molecular weight is 266 g/mol. The Morgan fingerprint density at radius 1 is 1.21 bits per heavy atom. The topological polar surface area (TPSA) is 92.4 Å². The van der Waals surface area contributed by atoms with E-state index in [1.807, 2.05) is 0 Å². The summed E-state index contributed by atoms with van der Waals surface area (Å²) < 4.78 is 0. The van der Waals surface area contributed by atoms with Crippen LogP contribution in [-0.4, -0.2) is 29.1 Å². The van der Waals surface area contributed by atoms with E-state index in [2.05, 4.69) is 5.32 Å². The summed E-state index contributed by atoms with van der Waals surface area (Å²) in [5.41, 5.74) is 5.95. The lowest BCUT2D eigenvalue weighted by atomic mass is 9.84. The second-order valence-electron chi connectivity index (χ2n) is 6.50. The van der Waals surface area contributed by atoms with E-state index < -0.39 is 5.97 Å². The molecule has 0 saturated heterocycles. The fourth-order valence-corrected chi connectivity index (χ4v) is 4.00. The van der Waals surface area contributed by atoms with Crippen LogP contribution in [0.3, 0.4) is 0 Å². The van der Waals surface area contributed by atoms with E-state index in [-0.39, 0.29) is 29.8 Å². The van der Waals surface area contributed by atoms with Crippen LogP contribution < -0.4 is 11.1 Å². The van der Waals surface area contributed by atoms with E-state index in [1.54, 1.807) is 0 Å². The highest BCUT2D eigenvalue weighted by Gasteiger charge is 2.51. The zero-order valence-corrected chi connectivity index (χ0v) is 11.0. The number of carbonyl (C=O) groups excluding carboxylic acids is 1. The summed E-state index contributed by atoms with van der Waals surface area (Å²) in [4.78, 5) is 23.3. The quantitative estimate of drug-likeness (QED) is 0.684. The molecule has 0 spiro atoms. The number of hydrogen-bond donors (Lipinski definition) is 3. The van der Waals surface area contributed by atoms with Crippen LogP contribution in [0.2, 0.25) is 0 Å². The molecule has 0 aliphatic heterocycles. The van der Waals surface area contributed by atoms with Crippen molar-refractivity contribution in [3.05, 3.63) is 0 Å². The highest BCUT2D eigenvalue weighted by atomic mass is 16.4. The second kappa shape index (κ2) is 4.78. The molecule has 3 aliphatic rings. The van der Waals surface area contributed by atoms with Crippen LogP contribution >= 0.6 is 0 Å². The lowest BCUT2D eigenvalue weighted by Gasteiger charge is -2.29. The molecular weight excluding hydrogens is 244 g/mol. The summed E-state index contributed by atoms with van der Waals surface area (Å²) in [6.07, 6.45) is 5.59. The zero-order chi connectivity index (χ0) is 13.6. The minimum atomic E-state index is -0.760. The molecule has 3 aliphatic carbocycles. The maximum Gasteiger partial charge on any atom is 0.308 e. The highest BCUT2D eigenvalue weighted by molar-refractivity contribution is 5.79. The van der Waals surface area contributed by atoms with Crippen molar-refractivity contribution in [2.24, 2.45) is 29.4 Å². The van der Waals surface area contributed by atoms with Crippen molar-refractivity contribution < 1.29 is 14.7 Å². The van der Waals surface area contributed by atoms with Crippen LogP contribution in [0, 0.1) is 23.7 Å². The van der Waals surface area contributed by atoms with Gasteiger partial charge in [-0.2, -0.15) is 0 Å². The number of amides is 1. The van der Waals surface area contributed by atoms with Crippen LogP contribution in [0.15, 0.2) is 0 Å². The van der Waals surface area contributed by atoms with Gasteiger partial charge in [-0.3, -0.25) is 9.59 Å². The van der Waals surface area contributed by atoms with Crippen molar-refractivity contribution in [3.8, 4) is 0 Å². The standard InChI is InChI=1S/C14H22N2O3/c15-10(7-1-2-7)6-11(17)16-13-9-4-3-8(5-9)12(13)14(18)19/h7-10,12-13H,1-6,15H2,(H,16,17)(H,18,19). The molecule has 19 heavy (non-hydrogen) atoms. The lowest BCUT2D eigenvalue weighted by molar-refractivity contribution is -0.144. The highest BCUT2D eigenvalue weighted by Crippen LogP contribution is 2.48. The van der Waals surface area contributed by atoms with Gasteiger partial charge in [0.05, 0.1) is 5.92 Å². The minimum absolute atomic E-state index is 0.0538. The van der Waals surface area contributed by atoms with Gasteiger partial charge in [0.25, 0.3) is 0 Å². The molecule has 5 nitrogen and oxygen atoms in total. The Bertz CT molecular complexity index is 394. The molecular formula is C14H22N2O3. The van der Waals surface area contributed by atoms with Gasteiger partial charge in [0.15, 0.2) is 0 Å². The Labute approximate surface area is 112 Å². The molecule has 106 valence electrons. The van der Waals surface area contributed by atoms with Crippen molar-refractivity contribution in [1.29, 1.82) is 0 Å². The predicted octanol–water partition coefficient (Wildman–Crippen LogP) is 0.729. The largest absolute Gasteiger partial charge is 0.481 e. The summed E-state index contributed by atoms with van der Waals surface area (Å²) in [5.74, 6) is -0.106. The molecule has 5 heteroatoms. The normalized spacial score (nSPS) is 38.2. The number of carbonyl (C=O) groups is 2. The number of aliphatic carboxylic acids is 1. The summed E-state index contributed by atoms with van der Waals surface area (Å²) in [5, 5.41) is 12.3. The third-order valence-corrected chi connectivity index (χ3v) is 5.18. The van der Waals surface area contributed by atoms with Gasteiger partial charge in [-0.15, -0.1) is 0 Å². The van der Waals surface area contributed by atoms with Gasteiger partial charge in [-0.1, -0.05) is 0 Å². The zero-order valence-electron chi connectivity index (χ0n) is 11.0. The van der Waals surface area contributed by atoms with Gasteiger partial charge in [0.1, 0.15) is 0 Å². The van der Waals surface area contributed by atoms with E-state index >= 15 is 0 Å². The van der Waals surface area contributed by atoms with Crippen LogP contribution in [0.5, 0.6) is 0 Å². The van der Waals surface area contributed by atoms with Gasteiger partial charge >= 0.3 is 5.97 Å². The van der Waals surface area contributed by atoms with Crippen molar-refractivity contribution >= 4 is 11.9 Å². The lowest BCUT2D eigenvalue weighted by Crippen LogP contribution is -2.48. The minimum Gasteiger partial charge on any atom is -0.481 e. The van der Waals surface area contributed by atoms with Gasteiger partial charge in [0, 0.05) is 18.5 Å². The van der Waals surface area contributed by atoms with E-state index in [0.717, 1.165) is 32.1 Å². The number of nitrogens with two attached hydrogens (primary N) is 1. The molecule has 0 radical (unpaired) electrons. The monoisotopic (exact) mass is 266 g/mol. The Morgan fingerprint density at radius 2 is 1.89 bits per heavy atom. The molecule has 3 fully saturated rings. The first-order chi connectivity index (χ1) is 9.06. The Morgan fingerprint density at radius 3 is 2.53 bits per heavy atom. The molecule has 5 atom stereocenters. The molecule has 5 unspecified atom stereocenters. The summed E-state index contributed by atoms with van der Waals surface area (Å²) in [7, 11) is 0. The Balaban J connectivity index is 1.58. The van der Waals surface area contributed by atoms with Crippen molar-refractivity contribution in [1.82, 2.24) is 5.32 Å². The van der Waals surface area contributed by atoms with Crippen LogP contribution in [0.1, 0.15) is 38.5 Å². The smallest absolute Gasteiger partial charge is 0.308 e. The first-order valence-electron chi connectivity index (χ1n) is 7.34. The molecule has 0 aromatic carbocycles. The number of fused-ring (bicyclic) bond motifs is 2. The van der Waals surface area contributed by atoms with E-state index in [9.17, 15) is 14.7 Å². The van der Waals surface area contributed by atoms with E-state index in [0.29, 0.717) is 18.3 Å². The van der Waals surface area contributed by atoms with Gasteiger partial charge in [-0.25, -0.2) is 0 Å². The molecule has 0 aromatic heterocycles. The maximum atomic E-state index is 12.0. The number of hydrogen-bond acceptors (Lipinski definition) is 3. The Kier molecular flexibility index (Phi) is 3.25. The van der Waals surface area contributed by atoms with Gasteiger partial charge in [-0.05, 0) is 49.9 Å². The first kappa shape index (κ1) is 12.9. The SMILES string of the molecule is NC(CC(=O)NC1C2CCC(C2)C1C(=O)O)C1CC1. The summed E-state index contributed by atoms with van der Waals surface area (Å²) in [6, 6.07) is -0.225. The average Bonchev–Trinajstić information content (AvgIpc) is 3.01. The molecule has 4 N–H and O–H groups in total. The fraction of sp³-hybridized carbons (Fsp3) is 0.857. The van der Waals surface area contributed by atoms with E-state index in [1.165, 1.54) is 0 Å². The first-order valence-corrected chi connectivity index (χ1v) is 7.34. The van der Waals surface area contributed by atoms with Crippen molar-refractivity contribution in [2.75, 3.05) is 0 Å². The molecule has 1 amide bonds. The fourth-order valence-electron chi connectivity index (χ4n) is 4.00. The molecule has 3 rings (SSSR count). The number of carboxylic acids is 1. The summed E-state index contributed by atoms with van der Waals surface area (Å²) in [6.45, 7) is 0. The molecule has 3 saturated carbocycles. The van der Waals surface area contributed by atoms with Gasteiger partial charge < -0.3 is 16.2 Å². The van der Waals surface area contributed by atoms with Crippen LogP contribution in [-0.2, 0) is 9.59 Å². The maximum absolute atomic E-state index is 12.0. The van der Waals surface area contributed by atoms with Crippen molar-refractivity contribution in [3.63, 3.8) is 0 Å². The second-order valence-corrected chi connectivity index (χ2v) is 6.50. The molecule has 0 aromatic rings.